The van der Waals surface area contributed by atoms with E-state index in [2.05, 4.69) is 74.0 Å². The van der Waals surface area contributed by atoms with Crippen molar-refractivity contribution in [1.29, 1.82) is 0 Å². The highest BCUT2D eigenvalue weighted by Gasteiger charge is 2.50. The van der Waals surface area contributed by atoms with Crippen LogP contribution in [0.4, 0.5) is 0 Å². The second-order valence-electron chi connectivity index (χ2n) is 9.51. The zero-order valence-electron chi connectivity index (χ0n) is 20.2. The minimum Gasteiger partial charge on any atom is -0.469 e. The van der Waals surface area contributed by atoms with E-state index < -0.39 is 14.4 Å². The predicted octanol–water partition coefficient (Wildman–Crippen LogP) is 4.83. The van der Waals surface area contributed by atoms with Crippen molar-refractivity contribution in [1.82, 2.24) is 0 Å². The molecular weight excluding hydrogens is 416 g/mol. The zero-order valence-corrected chi connectivity index (χ0v) is 21.2. The molecule has 4 nitrogen and oxygen atoms in total. The average molecular weight is 457 g/mol. The largest absolute Gasteiger partial charge is 0.469 e. The highest BCUT2D eigenvalue weighted by Crippen LogP contribution is 2.36. The van der Waals surface area contributed by atoms with Crippen molar-refractivity contribution >= 4 is 24.7 Å². The molecule has 0 aliphatic carbocycles. The maximum atomic E-state index is 11.2. The average Bonchev–Trinajstić information content (AvgIpc) is 2.79. The van der Waals surface area contributed by atoms with Gasteiger partial charge >= 0.3 is 5.97 Å². The molecule has 5 heteroatoms. The van der Waals surface area contributed by atoms with Gasteiger partial charge in [-0.3, -0.25) is 4.79 Å². The molecule has 32 heavy (non-hydrogen) atoms. The number of esters is 1. The fraction of sp³-hybridized carbons (Fsp3) is 0.519. The van der Waals surface area contributed by atoms with E-state index in [-0.39, 0.29) is 11.0 Å². The lowest BCUT2D eigenvalue weighted by atomic mass is 10.1. The van der Waals surface area contributed by atoms with Crippen LogP contribution in [-0.4, -0.2) is 39.2 Å². The Labute approximate surface area is 195 Å². The third-order valence-electron chi connectivity index (χ3n) is 6.05. The van der Waals surface area contributed by atoms with Crippen molar-refractivity contribution in [2.45, 2.75) is 76.9 Å². The molecule has 176 valence electrons. The molecule has 0 saturated heterocycles. The molecule has 0 spiro atoms. The first-order valence-electron chi connectivity index (χ1n) is 11.8. The van der Waals surface area contributed by atoms with E-state index in [1.54, 1.807) is 0 Å². The van der Waals surface area contributed by atoms with Crippen molar-refractivity contribution in [3.05, 3.63) is 60.7 Å². The molecule has 0 unspecified atom stereocenters. The molecule has 0 radical (unpaired) electrons. The Morgan fingerprint density at radius 3 is 1.88 bits per heavy atom. The lowest BCUT2D eigenvalue weighted by molar-refractivity contribution is -0.140. The Kier molecular flexibility index (Phi) is 10.6. The molecule has 0 saturated carbocycles. The number of aliphatic hydroxyl groups excluding tert-OH is 1. The Hall–Kier alpha value is -1.95. The van der Waals surface area contributed by atoms with Crippen LogP contribution in [0.2, 0.25) is 5.04 Å². The first-order chi connectivity index (χ1) is 15.3. The maximum Gasteiger partial charge on any atom is 0.305 e. The van der Waals surface area contributed by atoms with E-state index in [1.807, 2.05) is 12.1 Å². The van der Waals surface area contributed by atoms with Crippen LogP contribution in [0.3, 0.4) is 0 Å². The van der Waals surface area contributed by atoms with Gasteiger partial charge in [0.1, 0.15) is 0 Å². The number of hydrogen-bond donors (Lipinski definition) is 1. The standard InChI is InChI=1S/C27H40O4Si/c1-27(2,3)32(24-17-11-8-12-18-24,25-19-13-9-14-20-25)31-22-23(28)16-10-6-5-7-15-21-26(29)30-4/h8-9,11-14,17-20,23,28H,5-7,10,15-16,21-22H2,1-4H3/t23-/m0/s1. The third kappa shape index (κ3) is 7.29. The summed E-state index contributed by atoms with van der Waals surface area (Å²) < 4.78 is 11.5. The van der Waals surface area contributed by atoms with Gasteiger partial charge in [0.2, 0.25) is 0 Å². The number of unbranched alkanes of at least 4 members (excludes halogenated alkanes) is 4. The molecule has 0 aliphatic rings. The first-order valence-corrected chi connectivity index (χ1v) is 13.7. The van der Waals surface area contributed by atoms with Crippen LogP contribution in [0.15, 0.2) is 60.7 Å². The number of methoxy groups -OCH3 is 1. The van der Waals surface area contributed by atoms with E-state index >= 15 is 0 Å². The van der Waals surface area contributed by atoms with Gasteiger partial charge < -0.3 is 14.3 Å². The number of ether oxygens (including phenoxy) is 1. The molecule has 0 aliphatic heterocycles. The Bertz CT molecular complexity index is 747. The van der Waals surface area contributed by atoms with E-state index in [0.29, 0.717) is 13.0 Å². The van der Waals surface area contributed by atoms with Crippen molar-refractivity contribution in [2.24, 2.45) is 0 Å². The quantitative estimate of drug-likeness (QED) is 0.266. The molecule has 1 N–H and O–H groups in total. The SMILES string of the molecule is COC(=O)CCCCCCC[C@H](O)CO[Si](c1ccccc1)(c1ccccc1)C(C)(C)C. The van der Waals surface area contributed by atoms with Crippen molar-refractivity contribution in [3.8, 4) is 0 Å². The minimum absolute atomic E-state index is 0.0882. The van der Waals surface area contributed by atoms with Crippen molar-refractivity contribution in [3.63, 3.8) is 0 Å². The summed E-state index contributed by atoms with van der Waals surface area (Å²) in [7, 11) is -1.17. The normalized spacial score (nSPS) is 13.0. The lowest BCUT2D eigenvalue weighted by Gasteiger charge is -2.43. The summed E-state index contributed by atoms with van der Waals surface area (Å²) in [6.07, 6.45) is 5.71. The summed E-state index contributed by atoms with van der Waals surface area (Å²) in [5, 5.41) is 13.1. The summed E-state index contributed by atoms with van der Waals surface area (Å²) >= 11 is 0. The number of carbonyl (C=O) groups is 1. The topological polar surface area (TPSA) is 55.8 Å². The van der Waals surface area contributed by atoms with Gasteiger partial charge in [-0.05, 0) is 28.3 Å². The highest BCUT2D eigenvalue weighted by molar-refractivity contribution is 6.99. The summed E-state index contributed by atoms with van der Waals surface area (Å²) in [5.41, 5.74) is 0. The number of aliphatic hydroxyl groups is 1. The van der Waals surface area contributed by atoms with E-state index in [9.17, 15) is 9.90 Å². The Morgan fingerprint density at radius 1 is 0.875 bits per heavy atom. The van der Waals surface area contributed by atoms with Gasteiger partial charge in [0.05, 0.1) is 19.8 Å². The lowest BCUT2D eigenvalue weighted by Crippen LogP contribution is -2.67. The van der Waals surface area contributed by atoms with Crippen LogP contribution >= 0.6 is 0 Å². The number of carbonyl (C=O) groups excluding carboxylic acids is 1. The van der Waals surface area contributed by atoms with Gasteiger partial charge in [0.15, 0.2) is 0 Å². The summed E-state index contributed by atoms with van der Waals surface area (Å²) in [5.74, 6) is -0.138. The summed E-state index contributed by atoms with van der Waals surface area (Å²) in [6, 6.07) is 21.1. The maximum absolute atomic E-state index is 11.2. The van der Waals surface area contributed by atoms with Gasteiger partial charge in [0.25, 0.3) is 8.32 Å². The van der Waals surface area contributed by atoms with E-state index in [0.717, 1.165) is 38.5 Å². The Morgan fingerprint density at radius 2 is 1.38 bits per heavy atom. The van der Waals surface area contributed by atoms with Crippen LogP contribution in [0.1, 0.15) is 65.7 Å². The number of rotatable bonds is 13. The van der Waals surface area contributed by atoms with Crippen LogP contribution in [0.25, 0.3) is 0 Å². The third-order valence-corrected chi connectivity index (χ3v) is 11.1. The molecule has 0 aromatic heterocycles. The summed E-state index contributed by atoms with van der Waals surface area (Å²) in [4.78, 5) is 11.2. The molecular formula is C27H40O4Si. The Balaban J connectivity index is 1.98. The van der Waals surface area contributed by atoms with Crippen LogP contribution in [-0.2, 0) is 14.0 Å². The smallest absolute Gasteiger partial charge is 0.305 e. The predicted molar refractivity (Wildman–Crippen MR) is 134 cm³/mol. The zero-order chi connectivity index (χ0) is 23.5. The molecule has 2 aromatic carbocycles. The molecule has 0 amide bonds. The van der Waals surface area contributed by atoms with Crippen LogP contribution < -0.4 is 10.4 Å². The number of benzene rings is 2. The monoisotopic (exact) mass is 456 g/mol. The highest BCUT2D eigenvalue weighted by atomic mass is 28.4. The van der Waals surface area contributed by atoms with Gasteiger partial charge in [-0.15, -0.1) is 0 Å². The minimum atomic E-state index is -2.60. The van der Waals surface area contributed by atoms with Crippen molar-refractivity contribution in [2.75, 3.05) is 13.7 Å². The van der Waals surface area contributed by atoms with Gasteiger partial charge in [-0.2, -0.15) is 0 Å². The summed E-state index contributed by atoms with van der Waals surface area (Å²) in [6.45, 7) is 7.09. The molecule has 2 rings (SSSR count). The number of hydrogen-bond acceptors (Lipinski definition) is 4. The fourth-order valence-corrected chi connectivity index (χ4v) is 8.95. The molecule has 2 aromatic rings. The van der Waals surface area contributed by atoms with Gasteiger partial charge in [0, 0.05) is 6.42 Å². The van der Waals surface area contributed by atoms with Crippen LogP contribution in [0, 0.1) is 0 Å². The first kappa shape index (κ1) is 26.3. The second-order valence-corrected chi connectivity index (χ2v) is 13.8. The van der Waals surface area contributed by atoms with E-state index in [1.165, 1.54) is 17.5 Å². The van der Waals surface area contributed by atoms with E-state index in [4.69, 9.17) is 4.43 Å². The fourth-order valence-electron chi connectivity index (χ4n) is 4.35. The molecule has 1 atom stereocenters. The molecule has 0 heterocycles. The van der Waals surface area contributed by atoms with Crippen LogP contribution in [0.5, 0.6) is 0 Å². The second kappa shape index (κ2) is 12.9. The molecule has 0 fully saturated rings. The van der Waals surface area contributed by atoms with Gasteiger partial charge in [-0.25, -0.2) is 0 Å². The van der Waals surface area contributed by atoms with Gasteiger partial charge in [-0.1, -0.05) is 107 Å². The van der Waals surface area contributed by atoms with Crippen molar-refractivity contribution < 1.29 is 19.1 Å². The molecule has 0 bridgehead atoms.